The lowest BCUT2D eigenvalue weighted by molar-refractivity contribution is 0.0183. The number of carbonyl (C=O) groups excluding carboxylic acids is 1. The second-order valence-corrected chi connectivity index (χ2v) is 6.10. The minimum absolute atomic E-state index is 0.0160. The molecule has 120 valence electrons. The van der Waals surface area contributed by atoms with Crippen LogP contribution in [0.25, 0.3) is 0 Å². The molecule has 1 heterocycles. The third-order valence-corrected chi connectivity index (χ3v) is 3.98. The second-order valence-electron chi connectivity index (χ2n) is 6.10. The van der Waals surface area contributed by atoms with Crippen LogP contribution in [0.4, 0.5) is 5.69 Å². The molecule has 1 aliphatic rings. The molecule has 5 heteroatoms. The van der Waals surface area contributed by atoms with E-state index in [1.807, 2.05) is 6.92 Å². The van der Waals surface area contributed by atoms with Crippen LogP contribution in [0.1, 0.15) is 29.3 Å². The maximum Gasteiger partial charge on any atom is 0.170 e. The summed E-state index contributed by atoms with van der Waals surface area (Å²) in [6.07, 6.45) is 0.221. The number of ketones is 1. The Balaban J connectivity index is 1.81. The molecule has 5 nitrogen and oxygen atoms in total. The molecule has 0 fully saturated rings. The number of nitrogen functional groups attached to an aromatic ring is 1. The first-order valence-corrected chi connectivity index (χ1v) is 7.41. The third-order valence-electron chi connectivity index (χ3n) is 3.98. The van der Waals surface area contributed by atoms with Gasteiger partial charge in [-0.25, -0.2) is 0 Å². The molecule has 3 N–H and O–H groups in total. The lowest BCUT2D eigenvalue weighted by atomic mass is 9.90. The summed E-state index contributed by atoms with van der Waals surface area (Å²) in [5, 5.41) is 9.83. The van der Waals surface area contributed by atoms with E-state index in [1.54, 1.807) is 37.3 Å². The lowest BCUT2D eigenvalue weighted by Crippen LogP contribution is -2.44. The van der Waals surface area contributed by atoms with E-state index in [1.165, 1.54) is 6.07 Å². The van der Waals surface area contributed by atoms with E-state index >= 15 is 0 Å². The highest BCUT2D eigenvalue weighted by molar-refractivity contribution is 6.01. The predicted molar refractivity (Wildman–Crippen MR) is 87.2 cm³/mol. The van der Waals surface area contributed by atoms with Crippen molar-refractivity contribution in [1.82, 2.24) is 0 Å². The summed E-state index contributed by atoms with van der Waals surface area (Å²) in [6.45, 7) is 3.78. The quantitative estimate of drug-likeness (QED) is 0.851. The molecular formula is C18H19NO4. The van der Waals surface area contributed by atoms with Crippen LogP contribution in [0.5, 0.6) is 17.2 Å². The Bertz CT molecular complexity index is 754. The third kappa shape index (κ3) is 2.95. The number of hydrogen-bond acceptors (Lipinski definition) is 5. The number of fused-ring (bicyclic) bond motifs is 1. The largest absolute Gasteiger partial charge is 0.508 e. The number of aromatic hydroxyl groups is 1. The van der Waals surface area contributed by atoms with Crippen LogP contribution in [-0.2, 0) is 0 Å². The Morgan fingerprint density at radius 3 is 2.65 bits per heavy atom. The first-order chi connectivity index (χ1) is 10.9. The van der Waals surface area contributed by atoms with Crippen molar-refractivity contribution in [1.29, 1.82) is 0 Å². The Labute approximate surface area is 134 Å². The smallest absolute Gasteiger partial charge is 0.170 e. The summed E-state index contributed by atoms with van der Waals surface area (Å²) in [6, 6.07) is 10.2. The van der Waals surface area contributed by atoms with Crippen LogP contribution in [-0.4, -0.2) is 23.1 Å². The maximum absolute atomic E-state index is 12.4. The summed E-state index contributed by atoms with van der Waals surface area (Å²) in [5.41, 5.74) is 6.59. The van der Waals surface area contributed by atoms with Crippen molar-refractivity contribution < 1.29 is 19.4 Å². The van der Waals surface area contributed by atoms with Crippen LogP contribution in [0, 0.1) is 6.92 Å². The summed E-state index contributed by atoms with van der Waals surface area (Å²) in [4.78, 5) is 12.4. The average molecular weight is 313 g/mol. The van der Waals surface area contributed by atoms with E-state index < -0.39 is 5.60 Å². The Morgan fingerprint density at radius 1 is 1.26 bits per heavy atom. The van der Waals surface area contributed by atoms with Gasteiger partial charge in [0.2, 0.25) is 0 Å². The highest BCUT2D eigenvalue weighted by Crippen LogP contribution is 2.39. The topological polar surface area (TPSA) is 81.8 Å². The van der Waals surface area contributed by atoms with Gasteiger partial charge in [-0.2, -0.15) is 0 Å². The Kier molecular flexibility index (Phi) is 3.64. The second kappa shape index (κ2) is 5.50. The van der Waals surface area contributed by atoms with Gasteiger partial charge in [-0.05, 0) is 50.2 Å². The van der Waals surface area contributed by atoms with Crippen molar-refractivity contribution in [3.05, 3.63) is 47.5 Å². The zero-order valence-electron chi connectivity index (χ0n) is 13.1. The fourth-order valence-corrected chi connectivity index (χ4v) is 2.63. The van der Waals surface area contributed by atoms with Gasteiger partial charge in [0.25, 0.3) is 0 Å². The molecular weight excluding hydrogens is 294 g/mol. The lowest BCUT2D eigenvalue weighted by Gasteiger charge is -2.35. The zero-order valence-corrected chi connectivity index (χ0v) is 13.1. The molecule has 0 bridgehead atoms. The van der Waals surface area contributed by atoms with Crippen molar-refractivity contribution >= 4 is 11.5 Å². The molecule has 0 saturated heterocycles. The predicted octanol–water partition coefficient (Wildman–Crippen LogP) is 3.09. The van der Waals surface area contributed by atoms with E-state index in [4.69, 9.17) is 15.2 Å². The van der Waals surface area contributed by atoms with Crippen molar-refractivity contribution in [2.45, 2.75) is 25.9 Å². The van der Waals surface area contributed by atoms with Gasteiger partial charge < -0.3 is 20.3 Å². The Hall–Kier alpha value is -2.69. The summed E-state index contributed by atoms with van der Waals surface area (Å²) in [5.74, 6) is 1.19. The van der Waals surface area contributed by atoms with Crippen LogP contribution >= 0.6 is 0 Å². The molecule has 3 rings (SSSR count). The van der Waals surface area contributed by atoms with Gasteiger partial charge >= 0.3 is 0 Å². The van der Waals surface area contributed by atoms with E-state index in [-0.39, 0.29) is 24.6 Å². The molecule has 1 aliphatic heterocycles. The van der Waals surface area contributed by atoms with Gasteiger partial charge in [0.1, 0.15) is 29.5 Å². The van der Waals surface area contributed by atoms with Crippen LogP contribution in [0.3, 0.4) is 0 Å². The number of anilines is 1. The first-order valence-electron chi connectivity index (χ1n) is 7.41. The van der Waals surface area contributed by atoms with Crippen molar-refractivity contribution in [2.24, 2.45) is 0 Å². The monoisotopic (exact) mass is 313 g/mol. The van der Waals surface area contributed by atoms with Crippen LogP contribution in [0.15, 0.2) is 36.4 Å². The van der Waals surface area contributed by atoms with Gasteiger partial charge in [-0.15, -0.1) is 0 Å². The molecule has 1 atom stereocenters. The van der Waals surface area contributed by atoms with Crippen molar-refractivity contribution in [3.8, 4) is 17.2 Å². The number of rotatable bonds is 3. The molecule has 0 aliphatic carbocycles. The summed E-state index contributed by atoms with van der Waals surface area (Å²) < 4.78 is 11.8. The van der Waals surface area contributed by atoms with Crippen molar-refractivity contribution in [2.75, 3.05) is 12.3 Å². The Morgan fingerprint density at radius 2 is 1.96 bits per heavy atom. The maximum atomic E-state index is 12.4. The van der Waals surface area contributed by atoms with Gasteiger partial charge in [0, 0.05) is 11.3 Å². The summed E-state index contributed by atoms with van der Waals surface area (Å²) in [7, 11) is 0. The van der Waals surface area contributed by atoms with E-state index in [9.17, 15) is 9.90 Å². The minimum Gasteiger partial charge on any atom is -0.508 e. The molecule has 2 aromatic rings. The van der Waals surface area contributed by atoms with E-state index in [0.717, 1.165) is 0 Å². The van der Waals surface area contributed by atoms with Crippen LogP contribution < -0.4 is 15.2 Å². The SMILES string of the molecule is Cc1c(O)ccc2c1OC(C)(COc1ccc(N)cc1)CC2=O. The normalized spacial score (nSPS) is 19.8. The fourth-order valence-electron chi connectivity index (χ4n) is 2.63. The fraction of sp³-hybridized carbons (Fsp3) is 0.278. The molecule has 0 saturated carbocycles. The highest BCUT2D eigenvalue weighted by atomic mass is 16.5. The minimum atomic E-state index is -0.788. The van der Waals surface area contributed by atoms with E-state index in [2.05, 4.69) is 0 Å². The zero-order chi connectivity index (χ0) is 16.6. The van der Waals surface area contributed by atoms with Gasteiger partial charge in [-0.3, -0.25) is 4.79 Å². The number of hydrogen-bond donors (Lipinski definition) is 2. The number of phenols is 1. The summed E-state index contributed by atoms with van der Waals surface area (Å²) >= 11 is 0. The van der Waals surface area contributed by atoms with E-state index in [0.29, 0.717) is 28.3 Å². The standard InChI is InChI=1S/C18H19NO4/c1-11-15(20)8-7-14-16(21)9-18(2,23-17(11)14)10-22-13-5-3-12(19)4-6-13/h3-8,20H,9-10,19H2,1-2H3. The van der Waals surface area contributed by atoms with Crippen molar-refractivity contribution in [3.63, 3.8) is 0 Å². The van der Waals surface area contributed by atoms with Gasteiger partial charge in [0.15, 0.2) is 5.78 Å². The van der Waals surface area contributed by atoms with Crippen LogP contribution in [0.2, 0.25) is 0 Å². The molecule has 0 spiro atoms. The molecule has 0 radical (unpaired) electrons. The molecule has 0 amide bonds. The number of ether oxygens (including phenoxy) is 2. The molecule has 0 aromatic heterocycles. The number of benzene rings is 2. The van der Waals surface area contributed by atoms with Gasteiger partial charge in [0.05, 0.1) is 12.0 Å². The first kappa shape index (κ1) is 15.2. The molecule has 23 heavy (non-hydrogen) atoms. The number of nitrogens with two attached hydrogens (primary N) is 1. The molecule has 1 unspecified atom stereocenters. The highest BCUT2D eigenvalue weighted by Gasteiger charge is 2.38. The van der Waals surface area contributed by atoms with Gasteiger partial charge in [-0.1, -0.05) is 0 Å². The number of phenolic OH excluding ortho intramolecular Hbond substituents is 1. The number of carbonyl (C=O) groups is 1. The average Bonchev–Trinajstić information content (AvgIpc) is 2.51. The molecule has 2 aromatic carbocycles. The number of Topliss-reactive ketones (excluding diaryl/α,β-unsaturated/α-hetero) is 1.